The molecule has 1 amide bonds. The van der Waals surface area contributed by atoms with Crippen LogP contribution in [0.3, 0.4) is 0 Å². The molecule has 1 unspecified atom stereocenters. The van der Waals surface area contributed by atoms with Crippen molar-refractivity contribution in [1.82, 2.24) is 5.32 Å². The number of carbonyl (C=O) groups is 2. The summed E-state index contributed by atoms with van der Waals surface area (Å²) in [5.74, 6) is -2.01. The average molecular weight is 292 g/mol. The van der Waals surface area contributed by atoms with Crippen LogP contribution < -0.4 is 5.32 Å². The lowest BCUT2D eigenvalue weighted by Crippen LogP contribution is -2.41. The summed E-state index contributed by atoms with van der Waals surface area (Å²) < 4.78 is 13.8. The van der Waals surface area contributed by atoms with Crippen LogP contribution in [0.25, 0.3) is 0 Å². The number of rotatable bonds is 3. The van der Waals surface area contributed by atoms with Crippen molar-refractivity contribution in [3.8, 4) is 0 Å². The van der Waals surface area contributed by atoms with E-state index in [0.29, 0.717) is 0 Å². The molecule has 2 N–H and O–H groups in total. The van der Waals surface area contributed by atoms with Crippen LogP contribution in [0.5, 0.6) is 0 Å². The van der Waals surface area contributed by atoms with Crippen molar-refractivity contribution in [2.45, 2.75) is 33.2 Å². The second-order valence-electron chi connectivity index (χ2n) is 5.67. The Labute approximate surface area is 121 Å². The lowest BCUT2D eigenvalue weighted by atomic mass is 9.89. The predicted molar refractivity (Wildman–Crippen MR) is 76.0 cm³/mol. The minimum atomic E-state index is -1.19. The zero-order valence-electron chi connectivity index (χ0n) is 12.3. The second-order valence-corrected chi connectivity index (χ2v) is 5.67. The first-order valence-corrected chi connectivity index (χ1v) is 6.62. The van der Waals surface area contributed by atoms with Gasteiger partial charge in [0.15, 0.2) is 0 Å². The highest BCUT2D eigenvalue weighted by atomic mass is 19.1. The van der Waals surface area contributed by atoms with Gasteiger partial charge in [0, 0.05) is 5.56 Å². The lowest BCUT2D eigenvalue weighted by molar-refractivity contribution is -0.124. The summed E-state index contributed by atoms with van der Waals surface area (Å²) in [5, 5.41) is 11.8. The molecule has 0 aliphatic carbocycles. The molecule has 1 atom stereocenters. The Kier molecular flexibility index (Phi) is 3.57. The minimum Gasteiger partial charge on any atom is -0.478 e. The Morgan fingerprint density at radius 1 is 1.43 bits per heavy atom. The van der Waals surface area contributed by atoms with Gasteiger partial charge in [-0.3, -0.25) is 9.79 Å². The minimum absolute atomic E-state index is 0.0708. The van der Waals surface area contributed by atoms with Gasteiger partial charge in [-0.05, 0) is 37.5 Å². The summed E-state index contributed by atoms with van der Waals surface area (Å²) in [6, 6.07) is 2.34. The number of aromatic carboxylic acids is 1. The van der Waals surface area contributed by atoms with Gasteiger partial charge in [0.25, 0.3) is 5.91 Å². The van der Waals surface area contributed by atoms with Crippen molar-refractivity contribution in [1.29, 1.82) is 0 Å². The normalized spacial score (nSPS) is 21.4. The average Bonchev–Trinajstić information content (AvgIpc) is 2.69. The van der Waals surface area contributed by atoms with Crippen molar-refractivity contribution in [2.24, 2.45) is 10.9 Å². The van der Waals surface area contributed by atoms with Crippen molar-refractivity contribution in [3.05, 3.63) is 34.6 Å². The molecule has 1 aromatic carbocycles. The van der Waals surface area contributed by atoms with Crippen LogP contribution in [-0.2, 0) is 4.79 Å². The van der Waals surface area contributed by atoms with E-state index in [2.05, 4.69) is 10.3 Å². The number of hydrogen-bond acceptors (Lipinski definition) is 3. The highest BCUT2D eigenvalue weighted by Gasteiger charge is 2.42. The number of amides is 1. The topological polar surface area (TPSA) is 78.8 Å². The third-order valence-corrected chi connectivity index (χ3v) is 3.94. The SMILES string of the molecule is Cc1cc(C(=O)O)c(C2=NC(C)(C(C)C)C(=O)N2)cc1F. The van der Waals surface area contributed by atoms with Gasteiger partial charge in [-0.15, -0.1) is 0 Å². The number of halogens is 1. The zero-order chi connectivity index (χ0) is 15.9. The largest absolute Gasteiger partial charge is 0.478 e. The third-order valence-electron chi connectivity index (χ3n) is 3.94. The molecule has 0 spiro atoms. The molecule has 5 nitrogen and oxygen atoms in total. The number of carbonyl (C=O) groups excluding carboxylic acids is 1. The van der Waals surface area contributed by atoms with Crippen LogP contribution in [-0.4, -0.2) is 28.4 Å². The molecule has 1 aromatic rings. The number of carboxylic acid groups (broad SMARTS) is 1. The molecule has 0 saturated carbocycles. The summed E-state index contributed by atoms with van der Waals surface area (Å²) in [4.78, 5) is 27.7. The Bertz CT molecular complexity index is 667. The quantitative estimate of drug-likeness (QED) is 0.895. The number of benzene rings is 1. The molecular weight excluding hydrogens is 275 g/mol. The summed E-state index contributed by atoms with van der Waals surface area (Å²) >= 11 is 0. The molecular formula is C15H17FN2O3. The van der Waals surface area contributed by atoms with E-state index in [-0.39, 0.29) is 34.4 Å². The van der Waals surface area contributed by atoms with Crippen LogP contribution in [0.2, 0.25) is 0 Å². The molecule has 1 heterocycles. The fraction of sp³-hybridized carbons (Fsp3) is 0.400. The second kappa shape index (κ2) is 4.95. The van der Waals surface area contributed by atoms with Crippen molar-refractivity contribution in [3.63, 3.8) is 0 Å². The van der Waals surface area contributed by atoms with E-state index in [9.17, 15) is 19.1 Å². The zero-order valence-corrected chi connectivity index (χ0v) is 12.3. The van der Waals surface area contributed by atoms with Gasteiger partial charge >= 0.3 is 5.97 Å². The fourth-order valence-electron chi connectivity index (χ4n) is 2.12. The van der Waals surface area contributed by atoms with Crippen molar-refractivity contribution in [2.75, 3.05) is 0 Å². The van der Waals surface area contributed by atoms with Gasteiger partial charge in [0.1, 0.15) is 17.2 Å². The standard InChI is InChI=1S/C15H17FN2O3/c1-7(2)15(4)14(21)17-12(18-15)9-6-11(16)8(3)5-10(9)13(19)20/h5-7H,1-4H3,(H,19,20)(H,17,18,21). The van der Waals surface area contributed by atoms with E-state index in [1.807, 2.05) is 13.8 Å². The van der Waals surface area contributed by atoms with E-state index in [4.69, 9.17) is 0 Å². The summed E-state index contributed by atoms with van der Waals surface area (Å²) in [6.45, 7) is 6.85. The number of nitrogens with zero attached hydrogens (tertiary/aromatic N) is 1. The maximum Gasteiger partial charge on any atom is 0.336 e. The van der Waals surface area contributed by atoms with E-state index in [1.165, 1.54) is 13.0 Å². The number of aryl methyl sites for hydroxylation is 1. The van der Waals surface area contributed by atoms with Crippen LogP contribution >= 0.6 is 0 Å². The first kappa shape index (κ1) is 15.2. The van der Waals surface area contributed by atoms with Gasteiger partial charge in [-0.2, -0.15) is 0 Å². The van der Waals surface area contributed by atoms with Crippen LogP contribution in [0, 0.1) is 18.7 Å². The smallest absolute Gasteiger partial charge is 0.336 e. The number of carboxylic acids is 1. The van der Waals surface area contributed by atoms with E-state index in [1.54, 1.807) is 6.92 Å². The predicted octanol–water partition coefficient (Wildman–Crippen LogP) is 2.12. The molecule has 1 aliphatic heterocycles. The molecule has 0 saturated heterocycles. The number of hydrogen-bond donors (Lipinski definition) is 2. The highest BCUT2D eigenvalue weighted by molar-refractivity contribution is 6.18. The molecule has 2 rings (SSSR count). The monoisotopic (exact) mass is 292 g/mol. The van der Waals surface area contributed by atoms with Crippen LogP contribution in [0.15, 0.2) is 17.1 Å². The first-order valence-electron chi connectivity index (χ1n) is 6.62. The van der Waals surface area contributed by atoms with Gasteiger partial charge in [0.05, 0.1) is 5.56 Å². The molecule has 21 heavy (non-hydrogen) atoms. The number of aliphatic imine (C=N–C) groups is 1. The van der Waals surface area contributed by atoms with E-state index < -0.39 is 17.3 Å². The number of amidine groups is 1. The molecule has 0 radical (unpaired) electrons. The Balaban J connectivity index is 2.61. The highest BCUT2D eigenvalue weighted by Crippen LogP contribution is 2.28. The van der Waals surface area contributed by atoms with Crippen molar-refractivity contribution >= 4 is 17.7 Å². The molecule has 6 heteroatoms. The summed E-state index contributed by atoms with van der Waals surface area (Å²) in [5.41, 5.74) is -0.746. The van der Waals surface area contributed by atoms with Crippen LogP contribution in [0.1, 0.15) is 42.3 Å². The Morgan fingerprint density at radius 2 is 2.05 bits per heavy atom. The third kappa shape index (κ3) is 2.41. The van der Waals surface area contributed by atoms with Gasteiger partial charge in [-0.1, -0.05) is 13.8 Å². The first-order chi connectivity index (χ1) is 9.66. The molecule has 0 aromatic heterocycles. The van der Waals surface area contributed by atoms with Gasteiger partial charge < -0.3 is 10.4 Å². The van der Waals surface area contributed by atoms with Gasteiger partial charge in [-0.25, -0.2) is 9.18 Å². The molecule has 1 aliphatic rings. The Morgan fingerprint density at radius 3 is 2.52 bits per heavy atom. The summed E-state index contributed by atoms with van der Waals surface area (Å²) in [7, 11) is 0. The maximum absolute atomic E-state index is 13.8. The van der Waals surface area contributed by atoms with Crippen LogP contribution in [0.4, 0.5) is 4.39 Å². The number of nitrogens with one attached hydrogen (secondary N) is 1. The Hall–Kier alpha value is -2.24. The molecule has 112 valence electrons. The summed E-state index contributed by atoms with van der Waals surface area (Å²) in [6.07, 6.45) is 0. The van der Waals surface area contributed by atoms with E-state index in [0.717, 1.165) is 6.07 Å². The van der Waals surface area contributed by atoms with Crippen molar-refractivity contribution < 1.29 is 19.1 Å². The van der Waals surface area contributed by atoms with Gasteiger partial charge in [0.2, 0.25) is 0 Å². The molecule has 0 bridgehead atoms. The maximum atomic E-state index is 13.8. The van der Waals surface area contributed by atoms with E-state index >= 15 is 0 Å². The molecule has 0 fully saturated rings. The lowest BCUT2D eigenvalue weighted by Gasteiger charge is -2.21. The fourth-order valence-corrected chi connectivity index (χ4v) is 2.12.